The molecule has 0 radical (unpaired) electrons. The third kappa shape index (κ3) is 2.40. The molecule has 0 spiro atoms. The second-order valence-electron chi connectivity index (χ2n) is 6.57. The molecule has 3 aliphatic rings. The molecule has 4 heteroatoms. The summed E-state index contributed by atoms with van der Waals surface area (Å²) in [7, 11) is 1.76. The number of nitrogens with zero attached hydrogens (tertiary/aromatic N) is 1. The number of rotatable bonds is 2. The predicted molar refractivity (Wildman–Crippen MR) is 73.8 cm³/mol. The fourth-order valence-corrected chi connectivity index (χ4v) is 4.20. The van der Waals surface area contributed by atoms with Crippen LogP contribution in [0.25, 0.3) is 0 Å². The fraction of sp³-hybridized carbons (Fsp3) is 0.933. The second-order valence-corrected chi connectivity index (χ2v) is 6.57. The number of methoxy groups -OCH3 is 1. The molecule has 0 aromatic heterocycles. The quantitative estimate of drug-likeness (QED) is 0.818. The van der Waals surface area contributed by atoms with Crippen LogP contribution in [0.3, 0.4) is 0 Å². The van der Waals surface area contributed by atoms with E-state index in [1.807, 2.05) is 4.90 Å². The summed E-state index contributed by atoms with van der Waals surface area (Å²) < 4.78 is 5.52. The molecule has 19 heavy (non-hydrogen) atoms. The lowest BCUT2D eigenvalue weighted by molar-refractivity contribution is -0.139. The average molecular weight is 266 g/mol. The number of carbonyl (C=O) groups is 1. The van der Waals surface area contributed by atoms with Gasteiger partial charge in [-0.3, -0.25) is 4.79 Å². The summed E-state index contributed by atoms with van der Waals surface area (Å²) in [5, 5.41) is 3.47. The molecule has 1 aliphatic carbocycles. The monoisotopic (exact) mass is 266 g/mol. The van der Waals surface area contributed by atoms with Gasteiger partial charge in [0.2, 0.25) is 5.91 Å². The zero-order valence-electron chi connectivity index (χ0n) is 12.1. The van der Waals surface area contributed by atoms with Gasteiger partial charge in [-0.2, -0.15) is 0 Å². The highest BCUT2D eigenvalue weighted by Gasteiger charge is 2.44. The van der Waals surface area contributed by atoms with Crippen molar-refractivity contribution in [1.29, 1.82) is 0 Å². The largest absolute Gasteiger partial charge is 0.379 e. The van der Waals surface area contributed by atoms with E-state index in [0.29, 0.717) is 17.7 Å². The number of carbonyl (C=O) groups excluding carboxylic acids is 1. The van der Waals surface area contributed by atoms with Crippen LogP contribution in [-0.4, -0.2) is 49.7 Å². The highest BCUT2D eigenvalue weighted by molar-refractivity contribution is 5.83. The van der Waals surface area contributed by atoms with Gasteiger partial charge >= 0.3 is 0 Å². The number of likely N-dealkylation sites (tertiary alicyclic amines) is 1. The lowest BCUT2D eigenvalue weighted by atomic mass is 9.91. The van der Waals surface area contributed by atoms with Crippen molar-refractivity contribution < 1.29 is 9.53 Å². The Morgan fingerprint density at radius 1 is 1.32 bits per heavy atom. The Bertz CT molecular complexity index is 347. The van der Waals surface area contributed by atoms with Crippen molar-refractivity contribution in [3.8, 4) is 0 Å². The second kappa shape index (κ2) is 5.41. The van der Waals surface area contributed by atoms with Crippen molar-refractivity contribution >= 4 is 5.91 Å². The van der Waals surface area contributed by atoms with Crippen molar-refractivity contribution in [3.05, 3.63) is 0 Å². The first-order valence-electron chi connectivity index (χ1n) is 7.75. The summed E-state index contributed by atoms with van der Waals surface area (Å²) >= 11 is 0. The van der Waals surface area contributed by atoms with Crippen LogP contribution >= 0.6 is 0 Å². The summed E-state index contributed by atoms with van der Waals surface area (Å²) in [6.45, 7) is 4.93. The summed E-state index contributed by atoms with van der Waals surface area (Å²) in [6, 6.07) is 0.0819. The van der Waals surface area contributed by atoms with E-state index in [4.69, 9.17) is 4.74 Å². The average Bonchev–Trinajstić information content (AvgIpc) is 3.01. The normalized spacial score (nSPS) is 42.4. The third-order valence-corrected chi connectivity index (χ3v) is 5.52. The van der Waals surface area contributed by atoms with Gasteiger partial charge in [0.15, 0.2) is 0 Å². The summed E-state index contributed by atoms with van der Waals surface area (Å²) in [6.07, 6.45) is 5.10. The van der Waals surface area contributed by atoms with Gasteiger partial charge in [0.25, 0.3) is 0 Å². The number of ether oxygens (including phenoxy) is 1. The van der Waals surface area contributed by atoms with Gasteiger partial charge in [-0.25, -0.2) is 0 Å². The van der Waals surface area contributed by atoms with Crippen LogP contribution in [-0.2, 0) is 9.53 Å². The molecular formula is C15H26N2O2. The highest BCUT2D eigenvalue weighted by atomic mass is 16.5. The van der Waals surface area contributed by atoms with Crippen LogP contribution in [0.5, 0.6) is 0 Å². The number of nitrogens with one attached hydrogen (secondary N) is 1. The Hall–Kier alpha value is -0.610. The van der Waals surface area contributed by atoms with Gasteiger partial charge in [-0.05, 0) is 43.6 Å². The molecule has 108 valence electrons. The minimum absolute atomic E-state index is 0.0819. The number of fused-ring (bicyclic) bond motifs is 1. The van der Waals surface area contributed by atoms with Crippen molar-refractivity contribution in [3.63, 3.8) is 0 Å². The number of hydrogen-bond donors (Lipinski definition) is 1. The maximum absolute atomic E-state index is 12.7. The zero-order valence-corrected chi connectivity index (χ0v) is 12.1. The zero-order chi connectivity index (χ0) is 13.4. The molecule has 3 fully saturated rings. The van der Waals surface area contributed by atoms with E-state index in [2.05, 4.69) is 12.2 Å². The first-order chi connectivity index (χ1) is 9.20. The van der Waals surface area contributed by atoms with Crippen LogP contribution in [0.1, 0.15) is 32.6 Å². The Morgan fingerprint density at radius 3 is 2.95 bits per heavy atom. The van der Waals surface area contributed by atoms with E-state index in [1.165, 1.54) is 19.3 Å². The van der Waals surface area contributed by atoms with Crippen LogP contribution in [0.4, 0.5) is 0 Å². The van der Waals surface area contributed by atoms with Crippen LogP contribution in [0, 0.1) is 17.8 Å². The minimum Gasteiger partial charge on any atom is -0.379 e. The van der Waals surface area contributed by atoms with Gasteiger partial charge in [0, 0.05) is 20.2 Å². The SMILES string of the molecule is COC1CN(C(=O)C2NCC3CCCC32)CCC1C. The number of amides is 1. The Kier molecular flexibility index (Phi) is 3.81. The highest BCUT2D eigenvalue weighted by Crippen LogP contribution is 2.38. The topological polar surface area (TPSA) is 41.6 Å². The molecule has 1 N–H and O–H groups in total. The first-order valence-corrected chi connectivity index (χ1v) is 7.75. The van der Waals surface area contributed by atoms with Crippen LogP contribution in [0.2, 0.25) is 0 Å². The summed E-state index contributed by atoms with van der Waals surface area (Å²) in [5.74, 6) is 2.22. The molecule has 2 saturated heterocycles. The van der Waals surface area contributed by atoms with Crippen molar-refractivity contribution in [1.82, 2.24) is 10.2 Å². The number of piperidine rings is 1. The van der Waals surface area contributed by atoms with Crippen LogP contribution in [0.15, 0.2) is 0 Å². The van der Waals surface area contributed by atoms with Gasteiger partial charge in [0.05, 0.1) is 12.1 Å². The Balaban J connectivity index is 1.64. The van der Waals surface area contributed by atoms with E-state index in [0.717, 1.165) is 32.0 Å². The molecule has 5 unspecified atom stereocenters. The molecule has 0 bridgehead atoms. The molecular weight excluding hydrogens is 240 g/mol. The minimum atomic E-state index is 0.0819. The van der Waals surface area contributed by atoms with E-state index in [9.17, 15) is 4.79 Å². The Morgan fingerprint density at radius 2 is 2.16 bits per heavy atom. The van der Waals surface area contributed by atoms with E-state index in [-0.39, 0.29) is 12.1 Å². The molecule has 1 amide bonds. The maximum atomic E-state index is 12.7. The van der Waals surface area contributed by atoms with E-state index < -0.39 is 0 Å². The van der Waals surface area contributed by atoms with Crippen molar-refractivity contribution in [2.75, 3.05) is 26.7 Å². The van der Waals surface area contributed by atoms with Gasteiger partial charge in [-0.1, -0.05) is 13.3 Å². The fourth-order valence-electron chi connectivity index (χ4n) is 4.20. The molecule has 4 nitrogen and oxygen atoms in total. The summed E-state index contributed by atoms with van der Waals surface area (Å²) in [4.78, 5) is 14.8. The molecule has 1 saturated carbocycles. The molecule has 2 aliphatic heterocycles. The lowest BCUT2D eigenvalue weighted by Crippen LogP contribution is -2.53. The number of hydrogen-bond acceptors (Lipinski definition) is 3. The van der Waals surface area contributed by atoms with Crippen molar-refractivity contribution in [2.24, 2.45) is 17.8 Å². The van der Waals surface area contributed by atoms with Crippen LogP contribution < -0.4 is 5.32 Å². The first kappa shape index (κ1) is 13.4. The molecule has 2 heterocycles. The smallest absolute Gasteiger partial charge is 0.240 e. The van der Waals surface area contributed by atoms with E-state index in [1.54, 1.807) is 7.11 Å². The van der Waals surface area contributed by atoms with Gasteiger partial charge in [0.1, 0.15) is 0 Å². The van der Waals surface area contributed by atoms with E-state index >= 15 is 0 Å². The standard InChI is InChI=1S/C15H26N2O2/c1-10-6-7-17(9-13(10)19-2)15(18)14-12-5-3-4-11(12)8-16-14/h10-14,16H,3-9H2,1-2H3. The molecule has 3 rings (SSSR count). The lowest BCUT2D eigenvalue weighted by Gasteiger charge is -2.38. The van der Waals surface area contributed by atoms with Crippen molar-refractivity contribution in [2.45, 2.75) is 44.8 Å². The molecule has 0 aromatic rings. The third-order valence-electron chi connectivity index (χ3n) is 5.52. The maximum Gasteiger partial charge on any atom is 0.240 e. The summed E-state index contributed by atoms with van der Waals surface area (Å²) in [5.41, 5.74) is 0. The Labute approximate surface area is 115 Å². The van der Waals surface area contributed by atoms with Gasteiger partial charge < -0.3 is 15.0 Å². The molecule has 0 aromatic carbocycles. The molecule has 5 atom stereocenters. The van der Waals surface area contributed by atoms with Gasteiger partial charge in [-0.15, -0.1) is 0 Å². The predicted octanol–water partition coefficient (Wildman–Crippen LogP) is 1.26.